The van der Waals surface area contributed by atoms with E-state index in [1.54, 1.807) is 43.5 Å². The molecule has 0 aliphatic rings. The van der Waals surface area contributed by atoms with Crippen LogP contribution in [-0.2, 0) is 10.0 Å². The maximum absolute atomic E-state index is 12.2. The average molecular weight is 263 g/mol. The summed E-state index contributed by atoms with van der Waals surface area (Å²) in [6, 6.07) is 9.64. The number of aryl methyl sites for hydroxylation is 1. The number of hydrogen-bond donors (Lipinski definition) is 2. The highest BCUT2D eigenvalue weighted by Gasteiger charge is 2.17. The number of anilines is 2. The van der Waals surface area contributed by atoms with Gasteiger partial charge >= 0.3 is 0 Å². The average Bonchev–Trinajstić information content (AvgIpc) is 2.32. The van der Waals surface area contributed by atoms with Crippen molar-refractivity contribution < 1.29 is 8.42 Å². The van der Waals surface area contributed by atoms with Crippen molar-refractivity contribution in [3.8, 4) is 0 Å². The lowest BCUT2D eigenvalue weighted by molar-refractivity contribution is 0.601. The molecule has 0 saturated heterocycles. The van der Waals surface area contributed by atoms with E-state index in [1.807, 2.05) is 0 Å². The molecular formula is C12H13N3O2S. The Morgan fingerprint density at radius 2 is 1.89 bits per heavy atom. The predicted molar refractivity (Wildman–Crippen MR) is 70.6 cm³/mol. The largest absolute Gasteiger partial charge is 0.398 e. The number of sulfonamides is 1. The van der Waals surface area contributed by atoms with Gasteiger partial charge in [0.25, 0.3) is 10.0 Å². The van der Waals surface area contributed by atoms with Crippen molar-refractivity contribution in [3.05, 3.63) is 48.3 Å². The summed E-state index contributed by atoms with van der Waals surface area (Å²) in [6.07, 6.45) is 1.60. The van der Waals surface area contributed by atoms with Gasteiger partial charge in [-0.3, -0.25) is 9.71 Å². The Kier molecular flexibility index (Phi) is 3.20. The normalized spacial score (nSPS) is 11.2. The van der Waals surface area contributed by atoms with Crippen LogP contribution in [0.1, 0.15) is 5.69 Å². The Balaban J connectivity index is 2.40. The highest BCUT2D eigenvalue weighted by atomic mass is 32.2. The van der Waals surface area contributed by atoms with Crippen LogP contribution in [-0.4, -0.2) is 13.4 Å². The number of nitrogens with two attached hydrogens (primary N) is 1. The van der Waals surface area contributed by atoms with Gasteiger partial charge in [0.1, 0.15) is 4.90 Å². The molecule has 2 rings (SSSR count). The maximum atomic E-state index is 12.2. The molecule has 0 spiro atoms. The summed E-state index contributed by atoms with van der Waals surface area (Å²) in [7, 11) is -3.68. The lowest BCUT2D eigenvalue weighted by Crippen LogP contribution is -2.15. The molecule has 5 nitrogen and oxygen atoms in total. The Morgan fingerprint density at radius 1 is 1.17 bits per heavy atom. The third-order valence-corrected chi connectivity index (χ3v) is 3.90. The molecule has 0 amide bonds. The molecule has 1 aromatic heterocycles. The first-order valence-electron chi connectivity index (χ1n) is 5.29. The van der Waals surface area contributed by atoms with Gasteiger partial charge < -0.3 is 5.73 Å². The minimum Gasteiger partial charge on any atom is -0.398 e. The first kappa shape index (κ1) is 12.4. The van der Waals surface area contributed by atoms with Crippen molar-refractivity contribution in [3.63, 3.8) is 0 Å². The molecule has 1 heterocycles. The zero-order valence-corrected chi connectivity index (χ0v) is 10.6. The molecule has 3 N–H and O–H groups in total. The van der Waals surface area contributed by atoms with E-state index in [9.17, 15) is 8.42 Å². The van der Waals surface area contributed by atoms with Crippen LogP contribution in [0.4, 0.5) is 11.4 Å². The van der Waals surface area contributed by atoms with Gasteiger partial charge in [0.2, 0.25) is 0 Å². The molecule has 0 saturated carbocycles. The molecule has 0 bridgehead atoms. The Labute approximate surface area is 106 Å². The zero-order valence-electron chi connectivity index (χ0n) is 9.79. The van der Waals surface area contributed by atoms with Gasteiger partial charge in [-0.25, -0.2) is 8.42 Å². The number of aromatic nitrogens is 1. The van der Waals surface area contributed by atoms with Crippen LogP contribution >= 0.6 is 0 Å². The summed E-state index contributed by atoms with van der Waals surface area (Å²) in [5, 5.41) is 0. The van der Waals surface area contributed by atoms with E-state index in [4.69, 9.17) is 5.73 Å². The number of rotatable bonds is 3. The van der Waals surface area contributed by atoms with E-state index < -0.39 is 10.0 Å². The van der Waals surface area contributed by atoms with Crippen LogP contribution in [0.2, 0.25) is 0 Å². The molecular weight excluding hydrogens is 250 g/mol. The number of nitrogen functional groups attached to an aromatic ring is 1. The monoisotopic (exact) mass is 263 g/mol. The molecule has 0 radical (unpaired) electrons. The minimum absolute atomic E-state index is 0.0632. The van der Waals surface area contributed by atoms with Gasteiger partial charge in [-0.15, -0.1) is 0 Å². The molecule has 6 heteroatoms. The molecule has 0 atom stereocenters. The Bertz CT molecular complexity index is 669. The van der Waals surface area contributed by atoms with Crippen molar-refractivity contribution in [1.29, 1.82) is 0 Å². The van der Waals surface area contributed by atoms with Gasteiger partial charge in [-0.05, 0) is 31.2 Å². The highest BCUT2D eigenvalue weighted by molar-refractivity contribution is 7.92. The molecule has 1 aromatic carbocycles. The van der Waals surface area contributed by atoms with Crippen molar-refractivity contribution in [1.82, 2.24) is 4.98 Å². The van der Waals surface area contributed by atoms with E-state index >= 15 is 0 Å². The van der Waals surface area contributed by atoms with Gasteiger partial charge in [-0.1, -0.05) is 12.1 Å². The van der Waals surface area contributed by atoms with Crippen LogP contribution in [0.3, 0.4) is 0 Å². The van der Waals surface area contributed by atoms with Crippen LogP contribution in [0.5, 0.6) is 0 Å². The second-order valence-corrected chi connectivity index (χ2v) is 5.43. The summed E-state index contributed by atoms with van der Waals surface area (Å²) in [5.74, 6) is 0. The Morgan fingerprint density at radius 3 is 2.56 bits per heavy atom. The zero-order chi connectivity index (χ0) is 13.2. The molecule has 0 aliphatic heterocycles. The predicted octanol–water partition coefficient (Wildman–Crippen LogP) is 1.77. The summed E-state index contributed by atoms with van der Waals surface area (Å²) >= 11 is 0. The van der Waals surface area contributed by atoms with E-state index in [2.05, 4.69) is 9.71 Å². The molecule has 0 fully saturated rings. The first-order valence-corrected chi connectivity index (χ1v) is 6.78. The van der Waals surface area contributed by atoms with E-state index in [1.165, 1.54) is 6.07 Å². The molecule has 0 aliphatic carbocycles. The number of pyridine rings is 1. The van der Waals surface area contributed by atoms with Gasteiger partial charge in [0, 0.05) is 6.20 Å². The fraction of sp³-hybridized carbons (Fsp3) is 0.0833. The van der Waals surface area contributed by atoms with Crippen LogP contribution in [0.15, 0.2) is 47.5 Å². The fourth-order valence-electron chi connectivity index (χ4n) is 1.52. The highest BCUT2D eigenvalue weighted by Crippen LogP contribution is 2.21. The van der Waals surface area contributed by atoms with Crippen LogP contribution < -0.4 is 10.5 Å². The number of nitrogens with zero attached hydrogens (tertiary/aromatic N) is 1. The summed E-state index contributed by atoms with van der Waals surface area (Å²) in [5.41, 5.74) is 6.93. The van der Waals surface area contributed by atoms with Gasteiger partial charge in [0.15, 0.2) is 0 Å². The Hall–Kier alpha value is -2.08. The van der Waals surface area contributed by atoms with E-state index in [0.717, 1.165) is 0 Å². The lowest BCUT2D eigenvalue weighted by Gasteiger charge is -2.11. The van der Waals surface area contributed by atoms with Gasteiger partial charge in [-0.2, -0.15) is 0 Å². The number of para-hydroxylation sites is 1. The second kappa shape index (κ2) is 4.66. The molecule has 18 heavy (non-hydrogen) atoms. The molecule has 2 aromatic rings. The number of benzene rings is 1. The number of hydrogen-bond acceptors (Lipinski definition) is 4. The third kappa shape index (κ3) is 2.43. The van der Waals surface area contributed by atoms with Crippen LogP contribution in [0.25, 0.3) is 0 Å². The molecule has 94 valence electrons. The van der Waals surface area contributed by atoms with Crippen molar-refractivity contribution >= 4 is 21.4 Å². The topological polar surface area (TPSA) is 85.1 Å². The quantitative estimate of drug-likeness (QED) is 0.826. The minimum atomic E-state index is -3.68. The fourth-order valence-corrected chi connectivity index (χ4v) is 2.77. The van der Waals surface area contributed by atoms with Gasteiger partial charge in [0.05, 0.1) is 17.1 Å². The molecule has 0 unspecified atom stereocenters. The van der Waals surface area contributed by atoms with Crippen molar-refractivity contribution in [2.45, 2.75) is 11.8 Å². The van der Waals surface area contributed by atoms with Crippen molar-refractivity contribution in [2.75, 3.05) is 10.5 Å². The smallest absolute Gasteiger partial charge is 0.264 e. The first-order chi connectivity index (χ1) is 8.50. The van der Waals surface area contributed by atoms with Crippen molar-refractivity contribution in [2.24, 2.45) is 0 Å². The second-order valence-electron chi connectivity index (χ2n) is 3.78. The third-order valence-electron chi connectivity index (χ3n) is 2.46. The summed E-state index contributed by atoms with van der Waals surface area (Å²) in [6.45, 7) is 1.73. The van der Waals surface area contributed by atoms with Crippen LogP contribution in [0, 0.1) is 6.92 Å². The van der Waals surface area contributed by atoms with E-state index in [0.29, 0.717) is 11.4 Å². The van der Waals surface area contributed by atoms with E-state index in [-0.39, 0.29) is 10.6 Å². The maximum Gasteiger partial charge on any atom is 0.264 e. The SMILES string of the molecule is Cc1ncccc1NS(=O)(=O)c1ccccc1N. The standard InChI is InChI=1S/C12H13N3O2S/c1-9-11(6-4-8-14-9)15-18(16,17)12-7-3-2-5-10(12)13/h2-8,15H,13H2,1H3. The lowest BCUT2D eigenvalue weighted by atomic mass is 10.3. The summed E-state index contributed by atoms with van der Waals surface area (Å²) in [4.78, 5) is 4.08. The summed E-state index contributed by atoms with van der Waals surface area (Å²) < 4.78 is 26.8. The number of nitrogens with one attached hydrogen (secondary N) is 1.